The first-order valence-electron chi connectivity index (χ1n) is 7.10. The summed E-state index contributed by atoms with van der Waals surface area (Å²) >= 11 is 4.95. The average Bonchev–Trinajstić information content (AvgIpc) is 2.44. The normalized spacial score (nSPS) is 10.9. The minimum atomic E-state index is -0.311. The third kappa shape index (κ3) is 6.69. The molecule has 0 saturated heterocycles. The number of thiocarbonyl (C=S) groups is 1. The number of benzene rings is 1. The van der Waals surface area contributed by atoms with Gasteiger partial charge in [0.25, 0.3) is 0 Å². The standard InChI is InChI=1S/C16H24N2O2S/c1-12(2)10-18(9-8-15(17)21)11-13-4-6-14(7-5-13)16(19)20-3/h4-7,12H,8-11H2,1-3H3,(H2,17,21). The number of carbonyl (C=O) groups is 1. The number of carbonyl (C=O) groups excluding carboxylic acids is 1. The fourth-order valence-corrected chi connectivity index (χ4v) is 2.23. The Morgan fingerprint density at radius 2 is 1.95 bits per heavy atom. The largest absolute Gasteiger partial charge is 0.465 e. The highest BCUT2D eigenvalue weighted by molar-refractivity contribution is 7.80. The Hall–Kier alpha value is -1.46. The van der Waals surface area contributed by atoms with E-state index in [0.29, 0.717) is 16.5 Å². The second-order valence-corrected chi connectivity index (χ2v) is 6.06. The summed E-state index contributed by atoms with van der Waals surface area (Å²) in [6.07, 6.45) is 0.725. The van der Waals surface area contributed by atoms with Crippen LogP contribution in [-0.2, 0) is 11.3 Å². The van der Waals surface area contributed by atoms with Gasteiger partial charge < -0.3 is 10.5 Å². The highest BCUT2D eigenvalue weighted by Crippen LogP contribution is 2.11. The Labute approximate surface area is 132 Å². The molecule has 0 aliphatic rings. The van der Waals surface area contributed by atoms with Crippen molar-refractivity contribution in [3.05, 3.63) is 35.4 Å². The summed E-state index contributed by atoms with van der Waals surface area (Å²) in [5.74, 6) is 0.264. The van der Waals surface area contributed by atoms with Crippen molar-refractivity contribution in [1.29, 1.82) is 0 Å². The Morgan fingerprint density at radius 3 is 2.43 bits per heavy atom. The van der Waals surface area contributed by atoms with Crippen LogP contribution in [0, 0.1) is 5.92 Å². The second kappa shape index (κ2) is 8.74. The molecule has 0 aliphatic carbocycles. The van der Waals surface area contributed by atoms with E-state index in [0.717, 1.165) is 31.6 Å². The van der Waals surface area contributed by atoms with E-state index in [1.54, 1.807) is 12.1 Å². The van der Waals surface area contributed by atoms with Crippen LogP contribution in [0.4, 0.5) is 0 Å². The summed E-state index contributed by atoms with van der Waals surface area (Å²) in [6.45, 7) is 7.04. The molecule has 116 valence electrons. The Balaban J connectivity index is 2.68. The van der Waals surface area contributed by atoms with E-state index in [9.17, 15) is 4.79 Å². The lowest BCUT2D eigenvalue weighted by Gasteiger charge is -2.24. The molecule has 1 aromatic carbocycles. The van der Waals surface area contributed by atoms with Gasteiger partial charge >= 0.3 is 5.97 Å². The van der Waals surface area contributed by atoms with Gasteiger partial charge in [-0.15, -0.1) is 0 Å². The van der Waals surface area contributed by atoms with Crippen LogP contribution in [0.25, 0.3) is 0 Å². The van der Waals surface area contributed by atoms with Crippen LogP contribution < -0.4 is 5.73 Å². The summed E-state index contributed by atoms with van der Waals surface area (Å²) in [6, 6.07) is 7.51. The molecule has 0 radical (unpaired) electrons. The third-order valence-electron chi connectivity index (χ3n) is 3.08. The number of ether oxygens (including phenoxy) is 1. The predicted octanol–water partition coefficient (Wildman–Crippen LogP) is 2.61. The Bertz CT molecular complexity index is 472. The van der Waals surface area contributed by atoms with E-state index >= 15 is 0 Å². The third-order valence-corrected chi connectivity index (χ3v) is 3.28. The first-order chi connectivity index (χ1) is 9.92. The SMILES string of the molecule is COC(=O)c1ccc(CN(CCC(N)=S)CC(C)C)cc1. The topological polar surface area (TPSA) is 55.6 Å². The molecule has 2 N–H and O–H groups in total. The summed E-state index contributed by atoms with van der Waals surface area (Å²) in [4.78, 5) is 14.3. The van der Waals surface area contributed by atoms with E-state index in [1.165, 1.54) is 7.11 Å². The molecule has 0 amide bonds. The molecular weight excluding hydrogens is 284 g/mol. The lowest BCUT2D eigenvalue weighted by molar-refractivity contribution is 0.0600. The smallest absolute Gasteiger partial charge is 0.337 e. The molecule has 0 unspecified atom stereocenters. The number of nitrogens with two attached hydrogens (primary N) is 1. The molecule has 0 saturated carbocycles. The van der Waals surface area contributed by atoms with Gasteiger partial charge in [0.05, 0.1) is 17.7 Å². The van der Waals surface area contributed by atoms with Gasteiger partial charge in [-0.2, -0.15) is 0 Å². The summed E-state index contributed by atoms with van der Waals surface area (Å²) in [7, 11) is 1.39. The molecule has 1 aromatic rings. The van der Waals surface area contributed by atoms with Crippen molar-refractivity contribution in [3.63, 3.8) is 0 Å². The van der Waals surface area contributed by atoms with Gasteiger partial charge in [0, 0.05) is 26.1 Å². The van der Waals surface area contributed by atoms with Crippen molar-refractivity contribution in [3.8, 4) is 0 Å². The summed E-state index contributed by atoms with van der Waals surface area (Å²) < 4.78 is 4.70. The van der Waals surface area contributed by atoms with E-state index in [4.69, 9.17) is 22.7 Å². The molecule has 0 fully saturated rings. The van der Waals surface area contributed by atoms with E-state index in [2.05, 4.69) is 18.7 Å². The van der Waals surface area contributed by atoms with Gasteiger partial charge in [0.15, 0.2) is 0 Å². The molecule has 0 bridgehead atoms. The highest BCUT2D eigenvalue weighted by atomic mass is 32.1. The molecule has 0 aromatic heterocycles. The van der Waals surface area contributed by atoms with Crippen LogP contribution in [0.2, 0.25) is 0 Å². The maximum atomic E-state index is 11.4. The van der Waals surface area contributed by atoms with Crippen molar-refractivity contribution in [1.82, 2.24) is 4.90 Å². The number of nitrogens with zero attached hydrogens (tertiary/aromatic N) is 1. The minimum absolute atomic E-state index is 0.311. The van der Waals surface area contributed by atoms with Crippen molar-refractivity contribution >= 4 is 23.2 Å². The van der Waals surface area contributed by atoms with Gasteiger partial charge in [-0.1, -0.05) is 38.2 Å². The molecule has 0 atom stereocenters. The zero-order chi connectivity index (χ0) is 15.8. The summed E-state index contributed by atoms with van der Waals surface area (Å²) in [5, 5.41) is 0. The van der Waals surface area contributed by atoms with Crippen molar-refractivity contribution in [2.24, 2.45) is 11.7 Å². The fraction of sp³-hybridized carbons (Fsp3) is 0.500. The maximum absolute atomic E-state index is 11.4. The lowest BCUT2D eigenvalue weighted by atomic mass is 10.1. The zero-order valence-corrected chi connectivity index (χ0v) is 13.8. The quantitative estimate of drug-likeness (QED) is 0.591. The first-order valence-corrected chi connectivity index (χ1v) is 7.51. The first kappa shape index (κ1) is 17.6. The average molecular weight is 308 g/mol. The number of methoxy groups -OCH3 is 1. The maximum Gasteiger partial charge on any atom is 0.337 e. The van der Waals surface area contributed by atoms with Gasteiger partial charge in [-0.25, -0.2) is 4.79 Å². The van der Waals surface area contributed by atoms with Crippen LogP contribution in [-0.4, -0.2) is 36.1 Å². The fourth-order valence-electron chi connectivity index (χ4n) is 2.14. The monoisotopic (exact) mass is 308 g/mol. The number of esters is 1. The highest BCUT2D eigenvalue weighted by Gasteiger charge is 2.10. The van der Waals surface area contributed by atoms with Crippen LogP contribution in [0.3, 0.4) is 0 Å². The van der Waals surface area contributed by atoms with Gasteiger partial charge in [-0.3, -0.25) is 4.90 Å². The molecule has 5 heteroatoms. The minimum Gasteiger partial charge on any atom is -0.465 e. The van der Waals surface area contributed by atoms with Crippen LogP contribution >= 0.6 is 12.2 Å². The molecule has 1 rings (SSSR count). The molecule has 0 heterocycles. The molecule has 4 nitrogen and oxygen atoms in total. The summed E-state index contributed by atoms with van der Waals surface area (Å²) in [5.41, 5.74) is 7.31. The predicted molar refractivity (Wildman–Crippen MR) is 89.3 cm³/mol. The van der Waals surface area contributed by atoms with E-state index in [1.807, 2.05) is 12.1 Å². The van der Waals surface area contributed by atoms with Crippen LogP contribution in [0.15, 0.2) is 24.3 Å². The van der Waals surface area contributed by atoms with Gasteiger partial charge in [0.2, 0.25) is 0 Å². The van der Waals surface area contributed by atoms with Crippen LogP contribution in [0.1, 0.15) is 36.2 Å². The Morgan fingerprint density at radius 1 is 1.33 bits per heavy atom. The van der Waals surface area contributed by atoms with Crippen molar-refractivity contribution < 1.29 is 9.53 Å². The van der Waals surface area contributed by atoms with E-state index < -0.39 is 0 Å². The van der Waals surface area contributed by atoms with Crippen molar-refractivity contribution in [2.75, 3.05) is 20.2 Å². The van der Waals surface area contributed by atoms with Gasteiger partial charge in [0.1, 0.15) is 0 Å². The number of hydrogen-bond acceptors (Lipinski definition) is 4. The molecule has 21 heavy (non-hydrogen) atoms. The molecule has 0 spiro atoms. The Kier molecular flexibility index (Phi) is 7.32. The van der Waals surface area contributed by atoms with E-state index in [-0.39, 0.29) is 5.97 Å². The number of hydrogen-bond donors (Lipinski definition) is 1. The van der Waals surface area contributed by atoms with Crippen LogP contribution in [0.5, 0.6) is 0 Å². The van der Waals surface area contributed by atoms with Gasteiger partial charge in [-0.05, 0) is 23.6 Å². The lowest BCUT2D eigenvalue weighted by Crippen LogP contribution is -2.30. The molecule has 0 aliphatic heterocycles. The zero-order valence-electron chi connectivity index (χ0n) is 13.0. The number of rotatable bonds is 8. The molecular formula is C16H24N2O2S. The van der Waals surface area contributed by atoms with Crippen molar-refractivity contribution in [2.45, 2.75) is 26.8 Å². The second-order valence-electron chi connectivity index (χ2n) is 5.53.